The van der Waals surface area contributed by atoms with Crippen LogP contribution in [0.2, 0.25) is 0 Å². The van der Waals surface area contributed by atoms with Crippen molar-refractivity contribution >= 4 is 11.8 Å². The third-order valence-corrected chi connectivity index (χ3v) is 3.84. The Kier molecular flexibility index (Phi) is 3.92. The van der Waals surface area contributed by atoms with E-state index in [0.717, 1.165) is 17.7 Å². The number of nitrogens with zero attached hydrogens (tertiary/aromatic N) is 1. The molecule has 6 heteroatoms. The summed E-state index contributed by atoms with van der Waals surface area (Å²) in [5.41, 5.74) is 6.64. The van der Waals surface area contributed by atoms with Gasteiger partial charge >= 0.3 is 0 Å². The highest BCUT2D eigenvalue weighted by Crippen LogP contribution is 2.18. The van der Waals surface area contributed by atoms with Crippen LogP contribution in [0, 0.1) is 19.8 Å². The van der Waals surface area contributed by atoms with Crippen molar-refractivity contribution in [3.8, 4) is 0 Å². The van der Waals surface area contributed by atoms with Gasteiger partial charge < -0.3 is 15.6 Å². The number of carbonyl (C=O) groups is 2. The Hall–Kier alpha value is -2.11. The topological polar surface area (TPSA) is 96.3 Å². The summed E-state index contributed by atoms with van der Waals surface area (Å²) >= 11 is 0. The lowest BCUT2D eigenvalue weighted by molar-refractivity contribution is -0.123. The molecule has 2 heterocycles. The number of likely N-dealkylation sites (tertiary alicyclic amines) is 1. The normalized spacial score (nSPS) is 18.9. The number of aromatic nitrogens is 1. The van der Waals surface area contributed by atoms with Crippen molar-refractivity contribution in [2.45, 2.75) is 26.7 Å². The van der Waals surface area contributed by atoms with E-state index in [2.05, 4.69) is 4.98 Å². The Bertz CT molecular complexity index is 606. The number of H-pyrrole nitrogens is 1. The van der Waals surface area contributed by atoms with Crippen LogP contribution in [0.15, 0.2) is 10.9 Å². The molecule has 0 aliphatic carbocycles. The van der Waals surface area contributed by atoms with E-state index in [1.165, 1.54) is 4.90 Å². The Morgan fingerprint density at radius 1 is 1.40 bits per heavy atom. The van der Waals surface area contributed by atoms with Crippen LogP contribution < -0.4 is 11.3 Å². The molecule has 6 nitrogen and oxygen atoms in total. The van der Waals surface area contributed by atoms with Gasteiger partial charge in [-0.2, -0.15) is 0 Å². The first-order valence-electron chi connectivity index (χ1n) is 6.69. The summed E-state index contributed by atoms with van der Waals surface area (Å²) in [5.74, 6) is -1.05. The fourth-order valence-electron chi connectivity index (χ4n) is 2.45. The van der Waals surface area contributed by atoms with Crippen LogP contribution in [0.1, 0.15) is 34.5 Å². The van der Waals surface area contributed by atoms with E-state index in [0.29, 0.717) is 19.5 Å². The number of aromatic amines is 1. The lowest BCUT2D eigenvalue weighted by Gasteiger charge is -2.31. The maximum atomic E-state index is 12.4. The molecule has 2 amide bonds. The molecule has 1 fully saturated rings. The zero-order chi connectivity index (χ0) is 14.9. The van der Waals surface area contributed by atoms with Crippen molar-refractivity contribution in [1.82, 2.24) is 9.88 Å². The second kappa shape index (κ2) is 5.48. The minimum atomic E-state index is -0.392. The molecule has 1 unspecified atom stereocenters. The molecule has 1 aliphatic rings. The highest BCUT2D eigenvalue weighted by Gasteiger charge is 2.28. The average Bonchev–Trinajstić information content (AvgIpc) is 2.42. The summed E-state index contributed by atoms with van der Waals surface area (Å²) in [5, 5.41) is 0. The Balaban J connectivity index is 2.25. The monoisotopic (exact) mass is 277 g/mol. The predicted molar refractivity (Wildman–Crippen MR) is 74.4 cm³/mol. The van der Waals surface area contributed by atoms with Gasteiger partial charge in [-0.15, -0.1) is 0 Å². The number of piperidine rings is 1. The molecule has 1 atom stereocenters. The van der Waals surface area contributed by atoms with Crippen LogP contribution in [0.4, 0.5) is 0 Å². The standard InChI is InChI=1S/C14H19N3O3/c1-8-6-11(13(19)16-9(8)2)14(20)17-5-3-4-10(7-17)12(15)18/h6,10H,3-5,7H2,1-2H3,(H2,15,18)(H,16,19). The predicted octanol–water partition coefficient (Wildman–Crippen LogP) is 0.329. The number of nitrogens with one attached hydrogen (secondary N) is 1. The zero-order valence-electron chi connectivity index (χ0n) is 11.7. The molecule has 0 saturated carbocycles. The van der Waals surface area contributed by atoms with Gasteiger partial charge in [-0.05, 0) is 38.3 Å². The van der Waals surface area contributed by atoms with Gasteiger partial charge in [0.05, 0.1) is 5.92 Å². The number of aryl methyl sites for hydroxylation is 2. The van der Waals surface area contributed by atoms with Gasteiger partial charge in [-0.3, -0.25) is 14.4 Å². The maximum Gasteiger partial charge on any atom is 0.261 e. The van der Waals surface area contributed by atoms with Crippen LogP contribution in [0.25, 0.3) is 0 Å². The van der Waals surface area contributed by atoms with Gasteiger partial charge in [0.15, 0.2) is 0 Å². The van der Waals surface area contributed by atoms with E-state index in [9.17, 15) is 14.4 Å². The summed E-state index contributed by atoms with van der Waals surface area (Å²) in [6, 6.07) is 1.60. The van der Waals surface area contributed by atoms with E-state index in [4.69, 9.17) is 5.73 Å². The first-order chi connectivity index (χ1) is 9.40. The fraction of sp³-hybridized carbons (Fsp3) is 0.500. The summed E-state index contributed by atoms with van der Waals surface area (Å²) in [6.45, 7) is 4.47. The Morgan fingerprint density at radius 3 is 2.75 bits per heavy atom. The third-order valence-electron chi connectivity index (χ3n) is 3.84. The SMILES string of the molecule is Cc1cc(C(=O)N2CCCC(C(N)=O)C2)c(=O)[nH]c1C. The molecule has 0 radical (unpaired) electrons. The molecule has 108 valence electrons. The first-order valence-corrected chi connectivity index (χ1v) is 6.69. The van der Waals surface area contributed by atoms with Gasteiger partial charge in [0, 0.05) is 18.8 Å². The zero-order valence-corrected chi connectivity index (χ0v) is 11.7. The van der Waals surface area contributed by atoms with Crippen molar-refractivity contribution in [3.05, 3.63) is 33.2 Å². The van der Waals surface area contributed by atoms with E-state index in [1.54, 1.807) is 13.0 Å². The quantitative estimate of drug-likeness (QED) is 0.815. The first kappa shape index (κ1) is 14.3. The summed E-state index contributed by atoms with van der Waals surface area (Å²) < 4.78 is 0. The molecule has 1 aliphatic heterocycles. The summed E-state index contributed by atoms with van der Waals surface area (Å²) in [6.07, 6.45) is 1.42. The van der Waals surface area contributed by atoms with Crippen molar-refractivity contribution in [3.63, 3.8) is 0 Å². The second-order valence-electron chi connectivity index (χ2n) is 5.31. The number of nitrogens with two attached hydrogens (primary N) is 1. The van der Waals surface area contributed by atoms with E-state index in [1.807, 2.05) is 6.92 Å². The molecular formula is C14H19N3O3. The van der Waals surface area contributed by atoms with Gasteiger partial charge in [-0.25, -0.2) is 0 Å². The lowest BCUT2D eigenvalue weighted by Crippen LogP contribution is -2.45. The highest BCUT2D eigenvalue weighted by atomic mass is 16.2. The molecule has 2 rings (SSSR count). The van der Waals surface area contributed by atoms with Crippen LogP contribution in [0.5, 0.6) is 0 Å². The number of hydrogen-bond acceptors (Lipinski definition) is 3. The summed E-state index contributed by atoms with van der Waals surface area (Å²) in [4.78, 5) is 39.8. The largest absolute Gasteiger partial charge is 0.369 e. The van der Waals surface area contributed by atoms with Crippen molar-refractivity contribution in [1.29, 1.82) is 0 Å². The number of carbonyl (C=O) groups excluding carboxylic acids is 2. The fourth-order valence-corrected chi connectivity index (χ4v) is 2.45. The third kappa shape index (κ3) is 2.74. The second-order valence-corrected chi connectivity index (χ2v) is 5.31. The highest BCUT2D eigenvalue weighted by molar-refractivity contribution is 5.94. The number of primary amides is 1. The minimum absolute atomic E-state index is 0.123. The van der Waals surface area contributed by atoms with Crippen molar-refractivity contribution < 1.29 is 9.59 Å². The Morgan fingerprint density at radius 2 is 2.10 bits per heavy atom. The van der Waals surface area contributed by atoms with Gasteiger partial charge in [-0.1, -0.05) is 0 Å². The number of rotatable bonds is 2. The minimum Gasteiger partial charge on any atom is -0.369 e. The van der Waals surface area contributed by atoms with Gasteiger partial charge in [0.2, 0.25) is 5.91 Å². The van der Waals surface area contributed by atoms with Crippen LogP contribution in [0.3, 0.4) is 0 Å². The smallest absolute Gasteiger partial charge is 0.261 e. The Labute approximate surface area is 117 Å². The molecule has 1 saturated heterocycles. The van der Waals surface area contributed by atoms with E-state index < -0.39 is 5.91 Å². The molecule has 0 spiro atoms. The molecular weight excluding hydrogens is 258 g/mol. The molecule has 3 N–H and O–H groups in total. The van der Waals surface area contributed by atoms with Crippen LogP contribution in [-0.2, 0) is 4.79 Å². The van der Waals surface area contributed by atoms with Crippen LogP contribution >= 0.6 is 0 Å². The molecule has 0 aromatic carbocycles. The van der Waals surface area contributed by atoms with Gasteiger partial charge in [0.1, 0.15) is 5.56 Å². The number of hydrogen-bond donors (Lipinski definition) is 2. The molecule has 1 aromatic heterocycles. The van der Waals surface area contributed by atoms with Crippen molar-refractivity contribution in [2.24, 2.45) is 11.7 Å². The van der Waals surface area contributed by atoms with Gasteiger partial charge in [0.25, 0.3) is 11.5 Å². The lowest BCUT2D eigenvalue weighted by atomic mass is 9.97. The molecule has 20 heavy (non-hydrogen) atoms. The van der Waals surface area contributed by atoms with Crippen LogP contribution in [-0.4, -0.2) is 34.8 Å². The van der Waals surface area contributed by atoms with E-state index in [-0.39, 0.29) is 22.9 Å². The molecule has 0 bridgehead atoms. The maximum absolute atomic E-state index is 12.4. The molecule has 1 aromatic rings. The summed E-state index contributed by atoms with van der Waals surface area (Å²) in [7, 11) is 0. The average molecular weight is 277 g/mol. The van der Waals surface area contributed by atoms with E-state index >= 15 is 0 Å². The number of pyridine rings is 1. The number of amides is 2. The van der Waals surface area contributed by atoms with Crippen molar-refractivity contribution in [2.75, 3.05) is 13.1 Å².